The van der Waals surface area contributed by atoms with Gasteiger partial charge in [0, 0.05) is 18.3 Å². The predicted molar refractivity (Wildman–Crippen MR) is 57.6 cm³/mol. The molecule has 0 aliphatic carbocycles. The number of fused-ring (bicyclic) bond motifs is 2. The number of hydrogen-bond acceptors (Lipinski definition) is 3. The first-order valence-electron chi connectivity index (χ1n) is 5.84. The molecule has 2 fully saturated rings. The molecule has 2 saturated heterocycles. The van der Waals surface area contributed by atoms with Crippen LogP contribution in [0.3, 0.4) is 0 Å². The Morgan fingerprint density at radius 3 is 2.40 bits per heavy atom. The lowest BCUT2D eigenvalue weighted by Crippen LogP contribution is -2.40. The van der Waals surface area contributed by atoms with Crippen molar-refractivity contribution in [2.24, 2.45) is 0 Å². The van der Waals surface area contributed by atoms with Gasteiger partial charge in [0.2, 0.25) is 0 Å². The van der Waals surface area contributed by atoms with Gasteiger partial charge in [-0.2, -0.15) is 0 Å². The van der Waals surface area contributed by atoms with Crippen molar-refractivity contribution in [3.8, 4) is 0 Å². The summed E-state index contributed by atoms with van der Waals surface area (Å²) < 4.78 is 2.08. The molecule has 4 heteroatoms. The largest absolute Gasteiger partial charge is 0.300 e. The van der Waals surface area contributed by atoms with Crippen molar-refractivity contribution in [2.75, 3.05) is 7.05 Å². The van der Waals surface area contributed by atoms with E-state index in [1.54, 1.807) is 0 Å². The maximum Gasteiger partial charge on any atom is 0.0796 e. The zero-order valence-corrected chi connectivity index (χ0v) is 9.43. The fourth-order valence-electron chi connectivity index (χ4n) is 3.14. The first-order chi connectivity index (χ1) is 7.24. The zero-order chi connectivity index (χ0) is 10.4. The molecule has 2 bridgehead atoms. The van der Waals surface area contributed by atoms with Crippen LogP contribution in [0.4, 0.5) is 0 Å². The van der Waals surface area contributed by atoms with E-state index in [0.29, 0.717) is 6.04 Å². The Kier molecular flexibility index (Phi) is 2.06. The first-order valence-corrected chi connectivity index (χ1v) is 5.84. The van der Waals surface area contributed by atoms with E-state index in [2.05, 4.69) is 33.1 Å². The fourth-order valence-corrected chi connectivity index (χ4v) is 3.14. The number of aryl methyl sites for hydroxylation is 1. The average Bonchev–Trinajstić information content (AvgIpc) is 2.70. The molecule has 0 amide bonds. The second-order valence-electron chi connectivity index (χ2n) is 5.02. The normalized spacial score (nSPS) is 36.0. The second-order valence-corrected chi connectivity index (χ2v) is 5.02. The van der Waals surface area contributed by atoms with Crippen molar-refractivity contribution in [1.29, 1.82) is 0 Å². The van der Waals surface area contributed by atoms with E-state index in [1.807, 2.05) is 6.92 Å². The van der Waals surface area contributed by atoms with E-state index in [9.17, 15) is 0 Å². The lowest BCUT2D eigenvalue weighted by atomic mass is 9.98. The smallest absolute Gasteiger partial charge is 0.0796 e. The molecule has 2 aliphatic rings. The first kappa shape index (κ1) is 9.33. The van der Waals surface area contributed by atoms with Gasteiger partial charge in [-0.25, -0.2) is 4.68 Å². The van der Waals surface area contributed by atoms with Crippen LogP contribution in [0.25, 0.3) is 0 Å². The molecule has 4 nitrogen and oxygen atoms in total. The summed E-state index contributed by atoms with van der Waals surface area (Å²) in [6.07, 6.45) is 7.30. The SMILES string of the molecule is Cc1cn([C@H]2C[C@H]3CC[C@@H](C2)N3C)nn1. The van der Waals surface area contributed by atoms with Crippen molar-refractivity contribution in [2.45, 2.75) is 50.7 Å². The van der Waals surface area contributed by atoms with Crippen LogP contribution in [-0.4, -0.2) is 39.0 Å². The Balaban J connectivity index is 1.80. The molecule has 1 aromatic heterocycles. The van der Waals surface area contributed by atoms with Crippen molar-refractivity contribution in [1.82, 2.24) is 19.9 Å². The number of aromatic nitrogens is 3. The molecule has 15 heavy (non-hydrogen) atoms. The van der Waals surface area contributed by atoms with Gasteiger partial charge in [0.25, 0.3) is 0 Å². The third-order valence-corrected chi connectivity index (χ3v) is 4.07. The lowest BCUT2D eigenvalue weighted by molar-refractivity contribution is 0.130. The van der Waals surface area contributed by atoms with Crippen LogP contribution < -0.4 is 0 Å². The fraction of sp³-hybridized carbons (Fsp3) is 0.818. The molecule has 3 heterocycles. The van der Waals surface area contributed by atoms with Crippen LogP contribution in [0.15, 0.2) is 6.20 Å². The van der Waals surface area contributed by atoms with Gasteiger partial charge in [0.15, 0.2) is 0 Å². The molecule has 0 unspecified atom stereocenters. The average molecular weight is 206 g/mol. The minimum absolute atomic E-state index is 0.583. The maximum absolute atomic E-state index is 4.21. The highest BCUT2D eigenvalue weighted by Gasteiger charge is 2.39. The molecule has 1 aromatic rings. The quantitative estimate of drug-likeness (QED) is 0.696. The van der Waals surface area contributed by atoms with Crippen LogP contribution in [0.1, 0.15) is 37.4 Å². The molecular weight excluding hydrogens is 188 g/mol. The molecular formula is C11H18N4. The summed E-state index contributed by atoms with van der Waals surface area (Å²) in [6, 6.07) is 2.14. The summed E-state index contributed by atoms with van der Waals surface area (Å²) in [4.78, 5) is 2.56. The summed E-state index contributed by atoms with van der Waals surface area (Å²) >= 11 is 0. The molecule has 2 aliphatic heterocycles. The molecule has 0 spiro atoms. The molecule has 82 valence electrons. The minimum atomic E-state index is 0.583. The van der Waals surface area contributed by atoms with E-state index in [1.165, 1.54) is 25.7 Å². The van der Waals surface area contributed by atoms with Crippen LogP contribution >= 0.6 is 0 Å². The Morgan fingerprint density at radius 1 is 1.20 bits per heavy atom. The van der Waals surface area contributed by atoms with Crippen molar-refractivity contribution >= 4 is 0 Å². The van der Waals surface area contributed by atoms with E-state index >= 15 is 0 Å². The van der Waals surface area contributed by atoms with Gasteiger partial charge >= 0.3 is 0 Å². The third kappa shape index (κ3) is 1.47. The van der Waals surface area contributed by atoms with E-state index in [-0.39, 0.29) is 0 Å². The lowest BCUT2D eigenvalue weighted by Gasteiger charge is -2.36. The highest BCUT2D eigenvalue weighted by Crippen LogP contribution is 2.39. The Bertz CT molecular complexity index is 345. The Labute approximate surface area is 90.3 Å². The summed E-state index contributed by atoms with van der Waals surface area (Å²) in [5.41, 5.74) is 1.03. The molecule has 0 saturated carbocycles. The van der Waals surface area contributed by atoms with Crippen molar-refractivity contribution in [3.63, 3.8) is 0 Å². The third-order valence-electron chi connectivity index (χ3n) is 4.07. The minimum Gasteiger partial charge on any atom is -0.300 e. The highest BCUT2D eigenvalue weighted by atomic mass is 15.4. The van der Waals surface area contributed by atoms with Crippen LogP contribution in [0.2, 0.25) is 0 Å². The summed E-state index contributed by atoms with van der Waals surface area (Å²) in [7, 11) is 2.27. The van der Waals surface area contributed by atoms with Crippen LogP contribution in [0, 0.1) is 6.92 Å². The predicted octanol–water partition coefficient (Wildman–Crippen LogP) is 1.38. The summed E-state index contributed by atoms with van der Waals surface area (Å²) in [6.45, 7) is 2.01. The van der Waals surface area contributed by atoms with E-state index in [0.717, 1.165) is 17.8 Å². The van der Waals surface area contributed by atoms with Gasteiger partial charge in [-0.1, -0.05) is 5.21 Å². The summed E-state index contributed by atoms with van der Waals surface area (Å²) in [5.74, 6) is 0. The number of nitrogens with zero attached hydrogens (tertiary/aromatic N) is 4. The Morgan fingerprint density at radius 2 is 1.87 bits per heavy atom. The second kappa shape index (κ2) is 3.30. The zero-order valence-electron chi connectivity index (χ0n) is 9.43. The van der Waals surface area contributed by atoms with Gasteiger partial charge in [-0.3, -0.25) is 0 Å². The highest BCUT2D eigenvalue weighted by molar-refractivity contribution is 4.97. The van der Waals surface area contributed by atoms with Crippen LogP contribution in [0.5, 0.6) is 0 Å². The van der Waals surface area contributed by atoms with Crippen molar-refractivity contribution < 1.29 is 0 Å². The number of rotatable bonds is 1. The van der Waals surface area contributed by atoms with E-state index < -0.39 is 0 Å². The molecule has 3 rings (SSSR count). The van der Waals surface area contributed by atoms with Gasteiger partial charge in [-0.15, -0.1) is 5.10 Å². The standard InChI is InChI=1S/C11H18N4/c1-8-7-15(13-12-8)11-5-9-3-4-10(6-11)14(9)2/h7,9-11H,3-6H2,1-2H3/t9-,10+,11+. The molecule has 0 N–H and O–H groups in total. The molecule has 0 aromatic carbocycles. The summed E-state index contributed by atoms with van der Waals surface area (Å²) in [5, 5.41) is 8.29. The maximum atomic E-state index is 4.21. The van der Waals surface area contributed by atoms with Gasteiger partial charge in [0.05, 0.1) is 11.7 Å². The van der Waals surface area contributed by atoms with Gasteiger partial charge in [-0.05, 0) is 39.7 Å². The van der Waals surface area contributed by atoms with Gasteiger partial charge < -0.3 is 4.90 Å². The van der Waals surface area contributed by atoms with Crippen molar-refractivity contribution in [3.05, 3.63) is 11.9 Å². The monoisotopic (exact) mass is 206 g/mol. The van der Waals surface area contributed by atoms with Gasteiger partial charge in [0.1, 0.15) is 0 Å². The molecule has 0 radical (unpaired) electrons. The van der Waals surface area contributed by atoms with E-state index in [4.69, 9.17) is 0 Å². The number of piperidine rings is 1. The topological polar surface area (TPSA) is 34.0 Å². The number of hydrogen-bond donors (Lipinski definition) is 0. The van der Waals surface area contributed by atoms with Crippen LogP contribution in [-0.2, 0) is 0 Å². The molecule has 3 atom stereocenters. The Hall–Kier alpha value is -0.900.